The van der Waals surface area contributed by atoms with E-state index in [0.29, 0.717) is 4.83 Å². The fourth-order valence-electron chi connectivity index (χ4n) is 1.59. The van der Waals surface area contributed by atoms with Crippen LogP contribution in [-0.2, 0) is 6.42 Å². The number of halogens is 1. The standard InChI is InChI=1S/C9H10BrN/c10-9-4-1-6-5-7(11)2-3-8(6)9/h2-3,5,9H,1,4,11H2. The van der Waals surface area contributed by atoms with Crippen LogP contribution < -0.4 is 5.73 Å². The lowest BCUT2D eigenvalue weighted by molar-refractivity contribution is 0.903. The molecule has 0 saturated carbocycles. The van der Waals surface area contributed by atoms with Crippen molar-refractivity contribution < 1.29 is 0 Å². The second-order valence-electron chi connectivity index (χ2n) is 2.96. The van der Waals surface area contributed by atoms with E-state index in [-0.39, 0.29) is 0 Å². The van der Waals surface area contributed by atoms with Gasteiger partial charge in [0.1, 0.15) is 0 Å². The van der Waals surface area contributed by atoms with Crippen LogP contribution in [0.2, 0.25) is 0 Å². The Labute approximate surface area is 74.7 Å². The van der Waals surface area contributed by atoms with E-state index in [2.05, 4.69) is 28.1 Å². The number of rotatable bonds is 0. The molecule has 0 aliphatic heterocycles. The maximum absolute atomic E-state index is 5.66. The molecule has 1 aromatic rings. The predicted molar refractivity (Wildman–Crippen MR) is 50.8 cm³/mol. The fraction of sp³-hybridized carbons (Fsp3) is 0.333. The molecule has 58 valence electrons. The van der Waals surface area contributed by atoms with Gasteiger partial charge >= 0.3 is 0 Å². The van der Waals surface area contributed by atoms with Crippen LogP contribution in [0.15, 0.2) is 18.2 Å². The van der Waals surface area contributed by atoms with Crippen LogP contribution in [0, 0.1) is 0 Å². The molecule has 0 heterocycles. The van der Waals surface area contributed by atoms with Crippen molar-refractivity contribution in [2.24, 2.45) is 0 Å². The summed E-state index contributed by atoms with van der Waals surface area (Å²) in [6.07, 6.45) is 2.37. The van der Waals surface area contributed by atoms with Crippen molar-refractivity contribution in [3.63, 3.8) is 0 Å². The van der Waals surface area contributed by atoms with Crippen LogP contribution >= 0.6 is 15.9 Å². The van der Waals surface area contributed by atoms with Gasteiger partial charge in [-0.1, -0.05) is 22.0 Å². The summed E-state index contributed by atoms with van der Waals surface area (Å²) in [4.78, 5) is 0.554. The van der Waals surface area contributed by atoms with Crippen LogP contribution in [0.25, 0.3) is 0 Å². The van der Waals surface area contributed by atoms with Crippen LogP contribution in [0.4, 0.5) is 5.69 Å². The van der Waals surface area contributed by atoms with Gasteiger partial charge in [-0.3, -0.25) is 0 Å². The Morgan fingerprint density at radius 3 is 3.09 bits per heavy atom. The maximum atomic E-state index is 5.66. The van der Waals surface area contributed by atoms with Gasteiger partial charge in [0, 0.05) is 10.5 Å². The van der Waals surface area contributed by atoms with E-state index in [1.54, 1.807) is 0 Å². The van der Waals surface area contributed by atoms with Gasteiger partial charge in [0.2, 0.25) is 0 Å². The molecule has 1 nitrogen and oxygen atoms in total. The summed E-state index contributed by atoms with van der Waals surface area (Å²) in [7, 11) is 0. The average molecular weight is 212 g/mol. The van der Waals surface area contributed by atoms with Crippen molar-refractivity contribution in [1.29, 1.82) is 0 Å². The Morgan fingerprint density at radius 2 is 2.27 bits per heavy atom. The number of alkyl halides is 1. The first kappa shape index (κ1) is 7.17. The smallest absolute Gasteiger partial charge is 0.0401 e. The zero-order valence-corrected chi connectivity index (χ0v) is 7.76. The van der Waals surface area contributed by atoms with Gasteiger partial charge in [0.15, 0.2) is 0 Å². The second kappa shape index (κ2) is 2.52. The van der Waals surface area contributed by atoms with Gasteiger partial charge in [-0.25, -0.2) is 0 Å². The summed E-state index contributed by atoms with van der Waals surface area (Å²) in [6, 6.07) is 6.17. The van der Waals surface area contributed by atoms with Crippen molar-refractivity contribution in [3.8, 4) is 0 Å². The molecule has 0 bridgehead atoms. The molecule has 11 heavy (non-hydrogen) atoms. The first-order valence-electron chi connectivity index (χ1n) is 3.80. The third-order valence-corrected chi connectivity index (χ3v) is 3.12. The summed E-state index contributed by atoms with van der Waals surface area (Å²) < 4.78 is 0. The molecule has 0 radical (unpaired) electrons. The summed E-state index contributed by atoms with van der Waals surface area (Å²) in [6.45, 7) is 0. The SMILES string of the molecule is Nc1ccc2c(c1)CCC2Br. The van der Waals surface area contributed by atoms with Crippen LogP contribution in [0.1, 0.15) is 22.4 Å². The summed E-state index contributed by atoms with van der Waals surface area (Å²) >= 11 is 3.62. The Bertz CT molecular complexity index is 283. The minimum atomic E-state index is 0.554. The number of nitrogens with two attached hydrogens (primary N) is 1. The number of hydrogen-bond acceptors (Lipinski definition) is 1. The molecule has 1 aliphatic carbocycles. The van der Waals surface area contributed by atoms with E-state index in [4.69, 9.17) is 5.73 Å². The van der Waals surface area contributed by atoms with Crippen molar-refractivity contribution in [2.45, 2.75) is 17.7 Å². The molecule has 1 aromatic carbocycles. The molecule has 2 heteroatoms. The molecule has 2 N–H and O–H groups in total. The summed E-state index contributed by atoms with van der Waals surface area (Å²) in [5.74, 6) is 0. The minimum absolute atomic E-state index is 0.554. The quantitative estimate of drug-likeness (QED) is 0.519. The minimum Gasteiger partial charge on any atom is -0.399 e. The summed E-state index contributed by atoms with van der Waals surface area (Å²) in [5, 5.41) is 0. The third-order valence-electron chi connectivity index (χ3n) is 2.17. The van der Waals surface area contributed by atoms with Crippen LogP contribution in [0.3, 0.4) is 0 Å². The van der Waals surface area contributed by atoms with Gasteiger partial charge in [0.25, 0.3) is 0 Å². The van der Waals surface area contributed by atoms with Gasteiger partial charge in [-0.15, -0.1) is 0 Å². The fourth-order valence-corrected chi connectivity index (χ4v) is 2.26. The maximum Gasteiger partial charge on any atom is 0.0401 e. The first-order chi connectivity index (χ1) is 5.27. The lowest BCUT2D eigenvalue weighted by Crippen LogP contribution is -1.88. The lowest BCUT2D eigenvalue weighted by atomic mass is 10.1. The second-order valence-corrected chi connectivity index (χ2v) is 4.07. The predicted octanol–water partition coefficient (Wildman–Crippen LogP) is 2.65. The Kier molecular flexibility index (Phi) is 1.64. The van der Waals surface area contributed by atoms with E-state index in [1.165, 1.54) is 17.5 Å². The van der Waals surface area contributed by atoms with Gasteiger partial charge in [0.05, 0.1) is 0 Å². The highest BCUT2D eigenvalue weighted by Crippen LogP contribution is 2.37. The Hall–Kier alpha value is -0.500. The van der Waals surface area contributed by atoms with E-state index < -0.39 is 0 Å². The molecule has 0 spiro atoms. The normalized spacial score (nSPS) is 21.7. The zero-order valence-electron chi connectivity index (χ0n) is 6.18. The number of aryl methyl sites for hydroxylation is 1. The Balaban J connectivity index is 2.50. The summed E-state index contributed by atoms with van der Waals surface area (Å²) in [5.41, 5.74) is 9.37. The first-order valence-corrected chi connectivity index (χ1v) is 4.71. The lowest BCUT2D eigenvalue weighted by Gasteiger charge is -2.02. The van der Waals surface area contributed by atoms with Gasteiger partial charge < -0.3 is 5.73 Å². The van der Waals surface area contributed by atoms with Gasteiger partial charge in [-0.05, 0) is 36.1 Å². The monoisotopic (exact) mass is 211 g/mol. The Morgan fingerprint density at radius 1 is 1.45 bits per heavy atom. The van der Waals surface area contributed by atoms with E-state index in [0.717, 1.165) is 12.1 Å². The average Bonchev–Trinajstić information content (AvgIpc) is 2.32. The molecule has 0 saturated heterocycles. The van der Waals surface area contributed by atoms with Crippen molar-refractivity contribution in [2.75, 3.05) is 5.73 Å². The highest BCUT2D eigenvalue weighted by atomic mass is 79.9. The number of hydrogen-bond donors (Lipinski definition) is 1. The number of fused-ring (bicyclic) bond motifs is 1. The van der Waals surface area contributed by atoms with Crippen LogP contribution in [-0.4, -0.2) is 0 Å². The van der Waals surface area contributed by atoms with Crippen molar-refractivity contribution >= 4 is 21.6 Å². The third kappa shape index (κ3) is 1.16. The highest BCUT2D eigenvalue weighted by Gasteiger charge is 2.18. The molecule has 2 rings (SSSR count). The molecule has 0 fully saturated rings. The molecule has 0 aromatic heterocycles. The van der Waals surface area contributed by atoms with Crippen LogP contribution in [0.5, 0.6) is 0 Å². The van der Waals surface area contributed by atoms with E-state index in [9.17, 15) is 0 Å². The van der Waals surface area contributed by atoms with Gasteiger partial charge in [-0.2, -0.15) is 0 Å². The number of anilines is 1. The molecule has 0 amide bonds. The number of nitrogen functional groups attached to an aromatic ring is 1. The van der Waals surface area contributed by atoms with Crippen molar-refractivity contribution in [1.82, 2.24) is 0 Å². The van der Waals surface area contributed by atoms with Crippen molar-refractivity contribution in [3.05, 3.63) is 29.3 Å². The molecule has 1 unspecified atom stereocenters. The largest absolute Gasteiger partial charge is 0.399 e. The van der Waals surface area contributed by atoms with E-state index >= 15 is 0 Å². The highest BCUT2D eigenvalue weighted by molar-refractivity contribution is 9.09. The molecule has 1 atom stereocenters. The molecular formula is C9H10BrN. The zero-order chi connectivity index (χ0) is 7.84. The molecular weight excluding hydrogens is 202 g/mol. The topological polar surface area (TPSA) is 26.0 Å². The number of benzene rings is 1. The van der Waals surface area contributed by atoms with E-state index in [1.807, 2.05) is 6.07 Å². The molecule has 1 aliphatic rings.